The second kappa shape index (κ2) is 6.22. The first-order chi connectivity index (χ1) is 6.60. The molecule has 0 saturated carbocycles. The van der Waals surface area contributed by atoms with Crippen molar-refractivity contribution in [2.45, 2.75) is 0 Å². The average Bonchev–Trinajstić information content (AvgIpc) is 2.17. The Morgan fingerprint density at radius 2 is 2.21 bits per heavy atom. The lowest BCUT2D eigenvalue weighted by Crippen LogP contribution is -2.06. The molecule has 0 aliphatic rings. The minimum Gasteiger partial charge on any atom is -0.328 e. The summed E-state index contributed by atoms with van der Waals surface area (Å²) in [5.74, 6) is 5.11. The van der Waals surface area contributed by atoms with E-state index in [-0.39, 0.29) is 0 Å². The lowest BCUT2D eigenvalue weighted by molar-refractivity contribution is -0.742. The standard InChI is InChI=1S/C7H7N3.HNO3/c8-5-6-2-1-3-7(4-6)10-9;2-1(3)4/h1-4,10H,9H2;(H,2,3,4). The molecule has 1 rings (SSSR count). The molecule has 0 radical (unpaired) electrons. The highest BCUT2D eigenvalue weighted by atomic mass is 16.9. The number of nitrogens with two attached hydrogens (primary N) is 1. The van der Waals surface area contributed by atoms with Gasteiger partial charge in [-0.3, -0.25) is 5.84 Å². The molecule has 0 heterocycles. The molecule has 0 bridgehead atoms. The third kappa shape index (κ3) is 5.34. The molecule has 4 N–H and O–H groups in total. The summed E-state index contributed by atoms with van der Waals surface area (Å²) in [5, 5.41) is 22.1. The topological polar surface area (TPSA) is 125 Å². The van der Waals surface area contributed by atoms with Crippen LogP contribution >= 0.6 is 0 Å². The highest BCUT2D eigenvalue weighted by molar-refractivity contribution is 5.47. The highest BCUT2D eigenvalue weighted by Gasteiger charge is 1.89. The number of hydrogen-bond donors (Lipinski definition) is 3. The smallest absolute Gasteiger partial charge is 0.291 e. The van der Waals surface area contributed by atoms with Crippen molar-refractivity contribution in [1.82, 2.24) is 0 Å². The van der Waals surface area contributed by atoms with Gasteiger partial charge >= 0.3 is 0 Å². The zero-order chi connectivity index (χ0) is 11.0. The van der Waals surface area contributed by atoms with Gasteiger partial charge in [-0.25, -0.2) is 0 Å². The molecule has 74 valence electrons. The van der Waals surface area contributed by atoms with E-state index in [1.165, 1.54) is 0 Å². The average molecular weight is 196 g/mol. The first-order valence-corrected chi connectivity index (χ1v) is 3.40. The number of nitrogens with zero attached hydrogens (tertiary/aromatic N) is 2. The molecule has 0 aliphatic carbocycles. The Balaban J connectivity index is 0.000000364. The van der Waals surface area contributed by atoms with Crippen LogP contribution in [0.15, 0.2) is 24.3 Å². The van der Waals surface area contributed by atoms with E-state index in [1.807, 2.05) is 6.07 Å². The van der Waals surface area contributed by atoms with Gasteiger partial charge in [-0.05, 0) is 18.2 Å². The van der Waals surface area contributed by atoms with Gasteiger partial charge in [0, 0.05) is 5.69 Å². The third-order valence-electron chi connectivity index (χ3n) is 1.16. The number of hydrazine groups is 1. The number of nitrogen functional groups attached to an aromatic ring is 1. The Bertz CT molecular complexity index is 343. The SMILES string of the molecule is N#Cc1cccc(NN)c1.O=[N+]([O-])O. The molecule has 7 nitrogen and oxygen atoms in total. The van der Waals surface area contributed by atoms with E-state index in [0.717, 1.165) is 5.69 Å². The summed E-state index contributed by atoms with van der Waals surface area (Å²) in [6.07, 6.45) is 0. The summed E-state index contributed by atoms with van der Waals surface area (Å²) in [6, 6.07) is 8.97. The normalized spacial score (nSPS) is 7.71. The van der Waals surface area contributed by atoms with Gasteiger partial charge in [0.2, 0.25) is 0 Å². The van der Waals surface area contributed by atoms with Crippen LogP contribution in [0.5, 0.6) is 0 Å². The quantitative estimate of drug-likeness (QED) is 0.341. The Morgan fingerprint density at radius 3 is 2.64 bits per heavy atom. The maximum Gasteiger partial charge on any atom is 0.291 e. The first-order valence-electron chi connectivity index (χ1n) is 3.40. The molecule has 1 aromatic carbocycles. The predicted molar refractivity (Wildman–Crippen MR) is 47.7 cm³/mol. The van der Waals surface area contributed by atoms with Crippen molar-refractivity contribution < 1.29 is 10.3 Å². The van der Waals surface area contributed by atoms with Crippen molar-refractivity contribution in [2.75, 3.05) is 5.43 Å². The van der Waals surface area contributed by atoms with Gasteiger partial charge in [0.25, 0.3) is 5.09 Å². The Labute approximate surface area is 79.5 Å². The van der Waals surface area contributed by atoms with Crippen LogP contribution in [0.4, 0.5) is 5.69 Å². The van der Waals surface area contributed by atoms with Crippen molar-refractivity contribution in [3.8, 4) is 6.07 Å². The minimum atomic E-state index is -1.50. The van der Waals surface area contributed by atoms with Crippen LogP contribution in [0.3, 0.4) is 0 Å². The van der Waals surface area contributed by atoms with E-state index >= 15 is 0 Å². The Morgan fingerprint density at radius 1 is 1.64 bits per heavy atom. The number of hydrogen-bond acceptors (Lipinski definition) is 5. The molecule has 0 atom stereocenters. The van der Waals surface area contributed by atoms with E-state index < -0.39 is 5.09 Å². The molecule has 0 spiro atoms. The van der Waals surface area contributed by atoms with Gasteiger partial charge in [0.1, 0.15) is 0 Å². The summed E-state index contributed by atoms with van der Waals surface area (Å²) < 4.78 is 0. The highest BCUT2D eigenvalue weighted by Crippen LogP contribution is 2.06. The van der Waals surface area contributed by atoms with Crippen LogP contribution in [0.2, 0.25) is 0 Å². The molecule has 0 fully saturated rings. The molecule has 0 aliphatic heterocycles. The molecule has 0 saturated heterocycles. The second-order valence-corrected chi connectivity index (χ2v) is 2.07. The molecular weight excluding hydrogens is 188 g/mol. The van der Waals surface area contributed by atoms with E-state index in [1.54, 1.807) is 24.3 Å². The van der Waals surface area contributed by atoms with Crippen LogP contribution in [0.1, 0.15) is 5.56 Å². The zero-order valence-corrected chi connectivity index (χ0v) is 7.04. The molecule has 1 aromatic rings. The fourth-order valence-corrected chi connectivity index (χ4v) is 0.679. The molecule has 0 amide bonds. The number of benzene rings is 1. The van der Waals surface area contributed by atoms with Crippen molar-refractivity contribution >= 4 is 5.69 Å². The minimum absolute atomic E-state index is 0.607. The lowest BCUT2D eigenvalue weighted by Gasteiger charge is -1.96. The molecule has 7 heteroatoms. The molecular formula is C7H8N4O3. The van der Waals surface area contributed by atoms with Gasteiger partial charge in [0.05, 0.1) is 11.6 Å². The van der Waals surface area contributed by atoms with Crippen LogP contribution in [0.25, 0.3) is 0 Å². The van der Waals surface area contributed by atoms with E-state index in [0.29, 0.717) is 5.56 Å². The van der Waals surface area contributed by atoms with Gasteiger partial charge < -0.3 is 10.6 Å². The van der Waals surface area contributed by atoms with Gasteiger partial charge in [0.15, 0.2) is 0 Å². The summed E-state index contributed by atoms with van der Waals surface area (Å²) in [5.41, 5.74) is 3.81. The second-order valence-electron chi connectivity index (χ2n) is 2.07. The zero-order valence-electron chi connectivity index (χ0n) is 7.04. The van der Waals surface area contributed by atoms with Crippen molar-refractivity contribution in [2.24, 2.45) is 5.84 Å². The first kappa shape index (κ1) is 11.7. The summed E-state index contributed by atoms with van der Waals surface area (Å²) >= 11 is 0. The number of nitriles is 1. The fraction of sp³-hybridized carbons (Fsp3) is 0. The molecule has 14 heavy (non-hydrogen) atoms. The van der Waals surface area contributed by atoms with Crippen molar-refractivity contribution in [3.05, 3.63) is 39.9 Å². The Kier molecular flexibility index (Phi) is 5.18. The Hall–Kier alpha value is -2.33. The monoisotopic (exact) mass is 196 g/mol. The number of nitrogens with one attached hydrogen (secondary N) is 1. The van der Waals surface area contributed by atoms with Crippen LogP contribution < -0.4 is 11.3 Å². The van der Waals surface area contributed by atoms with E-state index in [9.17, 15) is 0 Å². The van der Waals surface area contributed by atoms with Crippen LogP contribution in [-0.4, -0.2) is 10.3 Å². The maximum absolute atomic E-state index is 8.44. The predicted octanol–water partition coefficient (Wildman–Crippen LogP) is 0.496. The summed E-state index contributed by atoms with van der Waals surface area (Å²) in [4.78, 5) is 8.36. The summed E-state index contributed by atoms with van der Waals surface area (Å²) in [7, 11) is 0. The van der Waals surface area contributed by atoms with Gasteiger partial charge in [-0.2, -0.15) is 5.26 Å². The lowest BCUT2D eigenvalue weighted by atomic mass is 10.2. The molecule has 0 unspecified atom stereocenters. The van der Waals surface area contributed by atoms with E-state index in [2.05, 4.69) is 5.43 Å². The molecule has 0 aromatic heterocycles. The van der Waals surface area contributed by atoms with Crippen LogP contribution in [-0.2, 0) is 0 Å². The van der Waals surface area contributed by atoms with Gasteiger partial charge in [-0.1, -0.05) is 6.07 Å². The number of anilines is 1. The van der Waals surface area contributed by atoms with Crippen molar-refractivity contribution in [3.63, 3.8) is 0 Å². The third-order valence-corrected chi connectivity index (χ3v) is 1.16. The fourth-order valence-electron chi connectivity index (χ4n) is 0.679. The largest absolute Gasteiger partial charge is 0.328 e. The maximum atomic E-state index is 8.44. The van der Waals surface area contributed by atoms with Crippen molar-refractivity contribution in [1.29, 1.82) is 5.26 Å². The van der Waals surface area contributed by atoms with E-state index in [4.69, 9.17) is 26.4 Å². The van der Waals surface area contributed by atoms with Crippen LogP contribution in [0, 0.1) is 21.4 Å². The number of rotatable bonds is 1. The van der Waals surface area contributed by atoms with Gasteiger partial charge in [-0.15, -0.1) is 10.1 Å². The summed E-state index contributed by atoms with van der Waals surface area (Å²) in [6.45, 7) is 0.